The second-order valence-electron chi connectivity index (χ2n) is 7.73. The molecule has 2 heterocycles. The lowest BCUT2D eigenvalue weighted by Gasteiger charge is -2.34. The lowest BCUT2D eigenvalue weighted by atomic mass is 10.1. The first-order valence-electron chi connectivity index (χ1n) is 10.8. The molecule has 0 unspecified atom stereocenters. The number of thioether (sulfide) groups is 1. The zero-order valence-corrected chi connectivity index (χ0v) is 19.6. The average molecular weight is 452 g/mol. The van der Waals surface area contributed by atoms with Crippen LogP contribution in [0, 0.1) is 0 Å². The molecule has 0 bridgehead atoms. The Morgan fingerprint density at radius 1 is 0.968 bits per heavy atom. The monoisotopic (exact) mass is 451 g/mol. The van der Waals surface area contributed by atoms with Gasteiger partial charge in [-0.1, -0.05) is 37.3 Å². The van der Waals surface area contributed by atoms with Gasteiger partial charge in [-0.05, 0) is 47.8 Å². The highest BCUT2D eigenvalue weighted by atomic mass is 32.2. The number of carbonyl (C=O) groups excluding carboxylic acids is 1. The van der Waals surface area contributed by atoms with Crippen molar-refractivity contribution in [3.63, 3.8) is 0 Å². The number of rotatable bonds is 8. The predicted molar refractivity (Wildman–Crippen MR) is 132 cm³/mol. The number of anilines is 1. The molecule has 1 aromatic heterocycles. The molecule has 0 aliphatic carbocycles. The largest absolute Gasteiger partial charge is 0.322 e. The van der Waals surface area contributed by atoms with Crippen molar-refractivity contribution in [2.24, 2.45) is 0 Å². The van der Waals surface area contributed by atoms with E-state index in [2.05, 4.69) is 51.7 Å². The summed E-state index contributed by atoms with van der Waals surface area (Å²) < 4.78 is 0. The normalized spacial score (nSPS) is 15.1. The average Bonchev–Trinajstić information content (AvgIpc) is 3.33. The van der Waals surface area contributed by atoms with E-state index in [4.69, 9.17) is 0 Å². The van der Waals surface area contributed by atoms with Gasteiger partial charge in [-0.15, -0.1) is 23.1 Å². The fourth-order valence-electron chi connectivity index (χ4n) is 3.74. The van der Waals surface area contributed by atoms with Crippen LogP contribution in [-0.4, -0.2) is 48.4 Å². The van der Waals surface area contributed by atoms with Crippen molar-refractivity contribution in [1.29, 1.82) is 0 Å². The number of nitrogens with one attached hydrogen (secondary N) is 1. The van der Waals surface area contributed by atoms with Gasteiger partial charge in [-0.25, -0.2) is 0 Å². The van der Waals surface area contributed by atoms with E-state index < -0.39 is 0 Å². The maximum Gasteiger partial charge on any atom is 0.256 e. The van der Waals surface area contributed by atoms with Crippen LogP contribution in [0.5, 0.6) is 0 Å². The molecule has 31 heavy (non-hydrogen) atoms. The maximum atomic E-state index is 12.9. The first-order chi connectivity index (χ1) is 15.2. The zero-order valence-electron chi connectivity index (χ0n) is 17.9. The van der Waals surface area contributed by atoms with Crippen molar-refractivity contribution in [3.05, 3.63) is 82.0 Å². The van der Waals surface area contributed by atoms with E-state index in [0.29, 0.717) is 0 Å². The first kappa shape index (κ1) is 22.1. The van der Waals surface area contributed by atoms with Crippen molar-refractivity contribution >= 4 is 34.7 Å². The standard InChI is InChI=1S/C25H29N3OS2/c1-2-27-13-15-28(16-14-27)18-20-9-11-21(12-10-20)26-25(29)23-7-3-4-8-24(23)31-19-22-6-5-17-30-22/h3-12,17H,2,13-16,18-19H2,1H3,(H,26,29). The Labute approximate surface area is 193 Å². The Hall–Kier alpha value is -2.12. The molecule has 1 saturated heterocycles. The third-order valence-electron chi connectivity index (χ3n) is 5.61. The fourth-order valence-corrected chi connectivity index (χ4v) is 5.56. The Balaban J connectivity index is 1.33. The van der Waals surface area contributed by atoms with Gasteiger partial charge in [0, 0.05) is 53.9 Å². The van der Waals surface area contributed by atoms with E-state index >= 15 is 0 Å². The molecule has 3 aromatic rings. The van der Waals surface area contributed by atoms with Crippen molar-refractivity contribution in [1.82, 2.24) is 9.80 Å². The molecular formula is C25H29N3OS2. The second kappa shape index (κ2) is 11.0. The second-order valence-corrected chi connectivity index (χ2v) is 9.78. The van der Waals surface area contributed by atoms with Crippen LogP contribution in [0.15, 0.2) is 70.9 Å². The molecule has 2 aromatic carbocycles. The van der Waals surface area contributed by atoms with Crippen LogP contribution >= 0.6 is 23.1 Å². The van der Waals surface area contributed by atoms with Crippen LogP contribution in [0.25, 0.3) is 0 Å². The summed E-state index contributed by atoms with van der Waals surface area (Å²) in [7, 11) is 0. The Morgan fingerprint density at radius 2 is 1.71 bits per heavy atom. The minimum atomic E-state index is -0.0577. The SMILES string of the molecule is CCN1CCN(Cc2ccc(NC(=O)c3ccccc3SCc3cccs3)cc2)CC1. The van der Waals surface area contributed by atoms with Gasteiger partial charge in [0.2, 0.25) is 0 Å². The Morgan fingerprint density at radius 3 is 2.42 bits per heavy atom. The number of amides is 1. The zero-order chi connectivity index (χ0) is 21.5. The van der Waals surface area contributed by atoms with Crippen LogP contribution in [0.2, 0.25) is 0 Å². The number of carbonyl (C=O) groups is 1. The Bertz CT molecular complexity index is 965. The number of piperazine rings is 1. The molecule has 162 valence electrons. The predicted octanol–water partition coefficient (Wildman–Crippen LogP) is 5.43. The van der Waals surface area contributed by atoms with Crippen molar-refractivity contribution in [2.75, 3.05) is 38.0 Å². The van der Waals surface area contributed by atoms with Crippen molar-refractivity contribution < 1.29 is 4.79 Å². The molecule has 6 heteroatoms. The van der Waals surface area contributed by atoms with Gasteiger partial charge >= 0.3 is 0 Å². The lowest BCUT2D eigenvalue weighted by molar-refractivity contribution is 0.102. The summed E-state index contributed by atoms with van der Waals surface area (Å²) in [5.74, 6) is 0.820. The van der Waals surface area contributed by atoms with Crippen LogP contribution < -0.4 is 5.32 Å². The molecule has 1 aliphatic heterocycles. The van der Waals surface area contributed by atoms with E-state index in [-0.39, 0.29) is 5.91 Å². The molecule has 1 fully saturated rings. The summed E-state index contributed by atoms with van der Waals surface area (Å²) in [4.78, 5) is 20.2. The number of nitrogens with zero attached hydrogens (tertiary/aromatic N) is 2. The molecule has 0 spiro atoms. The summed E-state index contributed by atoms with van der Waals surface area (Å²) in [6.07, 6.45) is 0. The van der Waals surface area contributed by atoms with Gasteiger partial charge in [-0.2, -0.15) is 0 Å². The third kappa shape index (κ3) is 6.20. The molecule has 4 nitrogen and oxygen atoms in total. The van der Waals surface area contributed by atoms with E-state index in [0.717, 1.165) is 61.2 Å². The summed E-state index contributed by atoms with van der Waals surface area (Å²) >= 11 is 3.45. The molecule has 4 rings (SSSR count). The molecule has 0 radical (unpaired) electrons. The molecular weight excluding hydrogens is 422 g/mol. The van der Waals surface area contributed by atoms with Gasteiger partial charge in [0.1, 0.15) is 0 Å². The number of benzene rings is 2. The van der Waals surface area contributed by atoms with Crippen LogP contribution in [0.3, 0.4) is 0 Å². The number of hydrogen-bond acceptors (Lipinski definition) is 5. The van der Waals surface area contributed by atoms with Crippen LogP contribution in [-0.2, 0) is 12.3 Å². The van der Waals surface area contributed by atoms with Gasteiger partial charge in [0.15, 0.2) is 0 Å². The smallest absolute Gasteiger partial charge is 0.256 e. The summed E-state index contributed by atoms with van der Waals surface area (Å²) in [5, 5.41) is 5.15. The van der Waals surface area contributed by atoms with E-state index in [1.54, 1.807) is 23.1 Å². The van der Waals surface area contributed by atoms with E-state index in [9.17, 15) is 4.79 Å². The molecule has 0 saturated carbocycles. The number of hydrogen-bond donors (Lipinski definition) is 1. The quantitative estimate of drug-likeness (QED) is 0.463. The topological polar surface area (TPSA) is 35.6 Å². The lowest BCUT2D eigenvalue weighted by Crippen LogP contribution is -2.45. The highest BCUT2D eigenvalue weighted by Crippen LogP contribution is 2.28. The van der Waals surface area contributed by atoms with Crippen molar-refractivity contribution in [2.45, 2.75) is 24.1 Å². The highest BCUT2D eigenvalue weighted by Gasteiger charge is 2.16. The highest BCUT2D eigenvalue weighted by molar-refractivity contribution is 7.98. The van der Waals surface area contributed by atoms with E-state index in [1.807, 2.05) is 36.4 Å². The molecule has 1 aliphatic rings. The number of thiophene rings is 1. The molecule has 0 atom stereocenters. The fraction of sp³-hybridized carbons (Fsp3) is 0.320. The summed E-state index contributed by atoms with van der Waals surface area (Å²) in [6, 6.07) is 20.3. The molecule has 1 amide bonds. The number of likely N-dealkylation sites (N-methyl/N-ethyl adjacent to an activating group) is 1. The first-order valence-corrected chi connectivity index (χ1v) is 12.7. The minimum absolute atomic E-state index is 0.0577. The van der Waals surface area contributed by atoms with Gasteiger partial charge in [0.25, 0.3) is 5.91 Å². The van der Waals surface area contributed by atoms with E-state index in [1.165, 1.54) is 10.4 Å². The third-order valence-corrected chi connectivity index (χ3v) is 7.79. The van der Waals surface area contributed by atoms with Crippen LogP contribution in [0.4, 0.5) is 5.69 Å². The van der Waals surface area contributed by atoms with Gasteiger partial charge in [-0.3, -0.25) is 9.69 Å². The maximum absolute atomic E-state index is 12.9. The Kier molecular flexibility index (Phi) is 7.81. The minimum Gasteiger partial charge on any atom is -0.322 e. The van der Waals surface area contributed by atoms with Gasteiger partial charge < -0.3 is 10.2 Å². The molecule has 1 N–H and O–H groups in total. The summed E-state index contributed by atoms with van der Waals surface area (Å²) in [5.41, 5.74) is 2.85. The van der Waals surface area contributed by atoms with Crippen LogP contribution in [0.1, 0.15) is 27.7 Å². The van der Waals surface area contributed by atoms with Gasteiger partial charge in [0.05, 0.1) is 5.56 Å². The van der Waals surface area contributed by atoms with Crippen molar-refractivity contribution in [3.8, 4) is 0 Å². The summed E-state index contributed by atoms with van der Waals surface area (Å²) in [6.45, 7) is 8.86.